The summed E-state index contributed by atoms with van der Waals surface area (Å²) in [5.74, 6) is 0. The van der Waals surface area contributed by atoms with Crippen molar-refractivity contribution in [2.45, 2.75) is 4.90 Å². The van der Waals surface area contributed by atoms with Crippen molar-refractivity contribution in [2.75, 3.05) is 17.1 Å². The van der Waals surface area contributed by atoms with Crippen molar-refractivity contribution >= 4 is 39.0 Å². The second kappa shape index (κ2) is 6.67. The first-order chi connectivity index (χ1) is 10.4. The average molecular weight is 340 g/mol. The molecule has 0 fully saturated rings. The van der Waals surface area contributed by atoms with Gasteiger partial charge >= 0.3 is 6.03 Å². The van der Waals surface area contributed by atoms with Crippen LogP contribution in [0.5, 0.6) is 0 Å². The van der Waals surface area contributed by atoms with E-state index in [0.29, 0.717) is 11.4 Å². The van der Waals surface area contributed by atoms with E-state index in [1.807, 2.05) is 0 Å². The lowest BCUT2D eigenvalue weighted by molar-refractivity contribution is 0.254. The van der Waals surface area contributed by atoms with Crippen LogP contribution < -0.4 is 15.4 Å². The molecule has 6 nitrogen and oxygen atoms in total. The van der Waals surface area contributed by atoms with E-state index in [-0.39, 0.29) is 9.92 Å². The predicted octanol–water partition coefficient (Wildman–Crippen LogP) is 2.89. The Kier molecular flexibility index (Phi) is 4.89. The first-order valence-corrected chi connectivity index (χ1v) is 8.14. The molecule has 116 valence electrons. The lowest BCUT2D eigenvalue weighted by Gasteiger charge is -2.11. The number of amides is 2. The molecule has 0 aliphatic carbocycles. The maximum Gasteiger partial charge on any atom is 0.318 e. The standard InChI is InChI=1S/C14H14ClN3O3S/c1-16-14(19)17-10-5-4-6-11(9-10)18-22(20,21)13-8-3-2-7-12(13)15/h2-9,18H,1H3,(H2,16,17,19). The molecule has 0 aliphatic rings. The van der Waals surface area contributed by atoms with Gasteiger partial charge in [-0.2, -0.15) is 0 Å². The summed E-state index contributed by atoms with van der Waals surface area (Å²) in [6.45, 7) is 0. The van der Waals surface area contributed by atoms with E-state index in [1.54, 1.807) is 30.3 Å². The molecule has 0 spiro atoms. The third-order valence-electron chi connectivity index (χ3n) is 2.73. The number of carbonyl (C=O) groups excluding carboxylic acids is 1. The molecular weight excluding hydrogens is 326 g/mol. The summed E-state index contributed by atoms with van der Waals surface area (Å²) in [6, 6.07) is 12.1. The highest BCUT2D eigenvalue weighted by molar-refractivity contribution is 7.92. The van der Waals surface area contributed by atoms with Gasteiger partial charge in [0.05, 0.1) is 10.7 Å². The molecule has 0 atom stereocenters. The Morgan fingerprint density at radius 1 is 1.05 bits per heavy atom. The van der Waals surface area contributed by atoms with E-state index in [4.69, 9.17) is 11.6 Å². The van der Waals surface area contributed by atoms with Gasteiger partial charge in [-0.3, -0.25) is 4.72 Å². The third-order valence-corrected chi connectivity index (χ3v) is 4.61. The Bertz CT molecular complexity index is 793. The Balaban J connectivity index is 2.25. The second-order valence-corrected chi connectivity index (χ2v) is 6.38. The van der Waals surface area contributed by atoms with E-state index in [9.17, 15) is 13.2 Å². The molecule has 8 heteroatoms. The largest absolute Gasteiger partial charge is 0.341 e. The summed E-state index contributed by atoms with van der Waals surface area (Å²) in [6.07, 6.45) is 0. The fourth-order valence-electron chi connectivity index (χ4n) is 1.73. The van der Waals surface area contributed by atoms with Crippen LogP contribution in [0, 0.1) is 0 Å². The molecule has 2 aromatic carbocycles. The molecule has 0 aliphatic heterocycles. The van der Waals surface area contributed by atoms with Gasteiger partial charge in [0.2, 0.25) is 0 Å². The molecule has 22 heavy (non-hydrogen) atoms. The quantitative estimate of drug-likeness (QED) is 0.800. The highest BCUT2D eigenvalue weighted by Crippen LogP contribution is 2.24. The lowest BCUT2D eigenvalue weighted by Crippen LogP contribution is -2.24. The number of sulfonamides is 1. The molecular formula is C14H14ClN3O3S. The van der Waals surface area contributed by atoms with Crippen LogP contribution >= 0.6 is 11.6 Å². The zero-order valence-electron chi connectivity index (χ0n) is 11.6. The molecule has 0 heterocycles. The second-order valence-electron chi connectivity index (χ2n) is 4.32. The van der Waals surface area contributed by atoms with Gasteiger partial charge in [-0.05, 0) is 30.3 Å². The number of hydrogen-bond donors (Lipinski definition) is 3. The highest BCUT2D eigenvalue weighted by Gasteiger charge is 2.17. The Morgan fingerprint density at radius 3 is 2.41 bits per heavy atom. The van der Waals surface area contributed by atoms with E-state index in [0.717, 1.165) is 0 Å². The van der Waals surface area contributed by atoms with Crippen LogP contribution in [-0.4, -0.2) is 21.5 Å². The molecule has 3 N–H and O–H groups in total. The molecule has 0 unspecified atom stereocenters. The van der Waals surface area contributed by atoms with Crippen molar-refractivity contribution in [3.63, 3.8) is 0 Å². The number of anilines is 2. The summed E-state index contributed by atoms with van der Waals surface area (Å²) >= 11 is 5.91. The summed E-state index contributed by atoms with van der Waals surface area (Å²) < 4.78 is 27.1. The summed E-state index contributed by atoms with van der Waals surface area (Å²) in [7, 11) is -2.32. The Hall–Kier alpha value is -2.25. The van der Waals surface area contributed by atoms with E-state index >= 15 is 0 Å². The summed E-state index contributed by atoms with van der Waals surface area (Å²) in [4.78, 5) is 11.3. The normalized spacial score (nSPS) is 10.8. The van der Waals surface area contributed by atoms with Crippen LogP contribution in [0.15, 0.2) is 53.4 Å². The van der Waals surface area contributed by atoms with Crippen molar-refractivity contribution in [3.05, 3.63) is 53.6 Å². The Labute approximate surface area is 133 Å². The third kappa shape index (κ3) is 3.90. The fourth-order valence-corrected chi connectivity index (χ4v) is 3.30. The SMILES string of the molecule is CNC(=O)Nc1cccc(NS(=O)(=O)c2ccccc2Cl)c1. The molecule has 0 aromatic heterocycles. The number of benzene rings is 2. The van der Waals surface area contributed by atoms with Gasteiger partial charge in [-0.15, -0.1) is 0 Å². The zero-order valence-corrected chi connectivity index (χ0v) is 13.2. The Morgan fingerprint density at radius 2 is 1.73 bits per heavy atom. The highest BCUT2D eigenvalue weighted by atomic mass is 35.5. The number of nitrogens with one attached hydrogen (secondary N) is 3. The number of hydrogen-bond acceptors (Lipinski definition) is 3. The van der Waals surface area contributed by atoms with Gasteiger partial charge in [-0.1, -0.05) is 29.8 Å². The van der Waals surface area contributed by atoms with Gasteiger partial charge in [0.25, 0.3) is 10.0 Å². The van der Waals surface area contributed by atoms with Crippen molar-refractivity contribution in [1.82, 2.24) is 5.32 Å². The summed E-state index contributed by atoms with van der Waals surface area (Å²) in [5, 5.41) is 5.10. The average Bonchev–Trinajstić information content (AvgIpc) is 2.47. The molecule has 0 saturated carbocycles. The number of urea groups is 1. The molecule has 0 bridgehead atoms. The maximum atomic E-state index is 12.3. The van der Waals surface area contributed by atoms with Crippen LogP contribution in [0.4, 0.5) is 16.2 Å². The minimum Gasteiger partial charge on any atom is -0.341 e. The van der Waals surface area contributed by atoms with E-state index in [1.165, 1.54) is 25.2 Å². The number of carbonyl (C=O) groups is 1. The number of rotatable bonds is 4. The molecule has 2 amide bonds. The van der Waals surface area contributed by atoms with E-state index < -0.39 is 16.1 Å². The van der Waals surface area contributed by atoms with Crippen molar-refractivity contribution in [1.29, 1.82) is 0 Å². The fraction of sp³-hybridized carbons (Fsp3) is 0.0714. The van der Waals surface area contributed by atoms with Gasteiger partial charge in [0.15, 0.2) is 0 Å². The minimum absolute atomic E-state index is 0.0127. The van der Waals surface area contributed by atoms with Crippen molar-refractivity contribution in [2.24, 2.45) is 0 Å². The van der Waals surface area contributed by atoms with Gasteiger partial charge in [0, 0.05) is 12.7 Å². The lowest BCUT2D eigenvalue weighted by atomic mass is 10.3. The van der Waals surface area contributed by atoms with Crippen LogP contribution in [0.25, 0.3) is 0 Å². The summed E-state index contributed by atoms with van der Waals surface area (Å²) in [5.41, 5.74) is 0.771. The zero-order chi connectivity index (χ0) is 16.2. The first kappa shape index (κ1) is 16.1. The molecule has 0 saturated heterocycles. The monoisotopic (exact) mass is 339 g/mol. The van der Waals surface area contributed by atoms with Crippen LogP contribution in [-0.2, 0) is 10.0 Å². The van der Waals surface area contributed by atoms with Crippen LogP contribution in [0.3, 0.4) is 0 Å². The van der Waals surface area contributed by atoms with Gasteiger partial charge < -0.3 is 10.6 Å². The minimum atomic E-state index is -3.81. The van der Waals surface area contributed by atoms with Gasteiger partial charge in [-0.25, -0.2) is 13.2 Å². The van der Waals surface area contributed by atoms with Gasteiger partial charge in [0.1, 0.15) is 4.90 Å². The topological polar surface area (TPSA) is 87.3 Å². The first-order valence-electron chi connectivity index (χ1n) is 6.28. The molecule has 2 aromatic rings. The van der Waals surface area contributed by atoms with Crippen LogP contribution in [0.2, 0.25) is 5.02 Å². The number of halogens is 1. The van der Waals surface area contributed by atoms with Crippen molar-refractivity contribution < 1.29 is 13.2 Å². The maximum absolute atomic E-state index is 12.3. The van der Waals surface area contributed by atoms with E-state index in [2.05, 4.69) is 15.4 Å². The van der Waals surface area contributed by atoms with Crippen LogP contribution in [0.1, 0.15) is 0 Å². The smallest absolute Gasteiger partial charge is 0.318 e. The predicted molar refractivity (Wildman–Crippen MR) is 86.8 cm³/mol. The molecule has 2 rings (SSSR count). The molecule has 0 radical (unpaired) electrons. The van der Waals surface area contributed by atoms with Crippen molar-refractivity contribution in [3.8, 4) is 0 Å².